The lowest BCUT2D eigenvalue weighted by Gasteiger charge is -2.25. The molecule has 1 aliphatic carbocycles. The number of benzene rings is 1. The lowest BCUT2D eigenvalue weighted by molar-refractivity contribution is -0.126. The summed E-state index contributed by atoms with van der Waals surface area (Å²) in [5.41, 5.74) is 6.01. The third-order valence-corrected chi connectivity index (χ3v) is 7.08. The van der Waals surface area contributed by atoms with Crippen molar-refractivity contribution in [2.24, 2.45) is 5.92 Å². The van der Waals surface area contributed by atoms with Crippen molar-refractivity contribution < 1.29 is 9.59 Å². The summed E-state index contributed by atoms with van der Waals surface area (Å²) in [6.07, 6.45) is 8.28. The maximum Gasteiger partial charge on any atom is 0.251 e. The SMILES string of the molecule is CC(=O)C[C@@H](NC(=O)[C@H](CC(C)C)n1cc(C2CC2)ccc1=O)c1cncc(-c2c(C)cccc2C)c1. The molecule has 2 aromatic heterocycles. The summed E-state index contributed by atoms with van der Waals surface area (Å²) < 4.78 is 1.58. The smallest absolute Gasteiger partial charge is 0.251 e. The molecular weight excluding hydrogens is 462 g/mol. The molecule has 194 valence electrons. The van der Waals surface area contributed by atoms with Crippen LogP contribution in [0.5, 0.6) is 0 Å². The van der Waals surface area contributed by atoms with Crippen LogP contribution in [0.1, 0.15) is 86.7 Å². The molecule has 6 heteroatoms. The van der Waals surface area contributed by atoms with E-state index in [1.165, 1.54) is 6.92 Å². The minimum atomic E-state index is -0.657. The molecule has 2 heterocycles. The molecule has 1 N–H and O–H groups in total. The number of hydrogen-bond donors (Lipinski definition) is 1. The third kappa shape index (κ3) is 6.43. The molecule has 0 aliphatic heterocycles. The number of carbonyl (C=O) groups is 2. The highest BCUT2D eigenvalue weighted by atomic mass is 16.2. The molecule has 6 nitrogen and oxygen atoms in total. The average molecular weight is 500 g/mol. The van der Waals surface area contributed by atoms with Crippen LogP contribution in [-0.4, -0.2) is 21.2 Å². The van der Waals surface area contributed by atoms with Crippen molar-refractivity contribution in [3.05, 3.63) is 87.6 Å². The number of rotatable bonds is 10. The monoisotopic (exact) mass is 499 g/mol. The van der Waals surface area contributed by atoms with Crippen LogP contribution >= 0.6 is 0 Å². The number of pyridine rings is 2. The number of nitrogens with one attached hydrogen (secondary N) is 1. The van der Waals surface area contributed by atoms with Gasteiger partial charge in [0.2, 0.25) is 5.91 Å². The highest BCUT2D eigenvalue weighted by Gasteiger charge is 2.29. The van der Waals surface area contributed by atoms with Crippen molar-refractivity contribution in [2.75, 3.05) is 0 Å². The number of amides is 1. The second kappa shape index (κ2) is 11.2. The first-order chi connectivity index (χ1) is 17.6. The minimum Gasteiger partial charge on any atom is -0.347 e. The zero-order valence-corrected chi connectivity index (χ0v) is 22.5. The Morgan fingerprint density at radius 3 is 2.41 bits per heavy atom. The number of hydrogen-bond acceptors (Lipinski definition) is 4. The topological polar surface area (TPSA) is 81.1 Å². The van der Waals surface area contributed by atoms with E-state index in [1.807, 2.05) is 44.4 Å². The molecule has 0 radical (unpaired) electrons. The molecule has 1 saturated carbocycles. The fourth-order valence-corrected chi connectivity index (χ4v) is 5.08. The van der Waals surface area contributed by atoms with Gasteiger partial charge in [-0.1, -0.05) is 38.1 Å². The predicted molar refractivity (Wildman–Crippen MR) is 146 cm³/mol. The highest BCUT2D eigenvalue weighted by molar-refractivity contribution is 5.83. The molecule has 0 spiro atoms. The Morgan fingerprint density at radius 1 is 1.08 bits per heavy atom. The molecule has 0 saturated heterocycles. The van der Waals surface area contributed by atoms with E-state index in [0.29, 0.717) is 12.3 Å². The Labute approximate surface area is 219 Å². The fraction of sp³-hybridized carbons (Fsp3) is 0.419. The van der Waals surface area contributed by atoms with E-state index >= 15 is 0 Å². The van der Waals surface area contributed by atoms with Gasteiger partial charge in [-0.15, -0.1) is 0 Å². The molecule has 1 aliphatic rings. The quantitative estimate of drug-likeness (QED) is 0.381. The van der Waals surface area contributed by atoms with E-state index in [2.05, 4.69) is 36.3 Å². The van der Waals surface area contributed by atoms with E-state index in [-0.39, 0.29) is 29.6 Å². The van der Waals surface area contributed by atoms with Crippen LogP contribution < -0.4 is 10.9 Å². The fourth-order valence-electron chi connectivity index (χ4n) is 5.08. The van der Waals surface area contributed by atoms with Gasteiger partial charge >= 0.3 is 0 Å². The number of aromatic nitrogens is 2. The van der Waals surface area contributed by atoms with E-state index in [0.717, 1.165) is 46.2 Å². The van der Waals surface area contributed by atoms with Crippen LogP contribution in [-0.2, 0) is 9.59 Å². The Morgan fingerprint density at radius 2 is 1.78 bits per heavy atom. The van der Waals surface area contributed by atoms with E-state index in [9.17, 15) is 14.4 Å². The maximum absolute atomic E-state index is 13.8. The first-order valence-corrected chi connectivity index (χ1v) is 13.2. The third-order valence-electron chi connectivity index (χ3n) is 7.08. The lowest BCUT2D eigenvalue weighted by Crippen LogP contribution is -2.40. The van der Waals surface area contributed by atoms with Crippen molar-refractivity contribution in [2.45, 2.75) is 78.3 Å². The van der Waals surface area contributed by atoms with Crippen molar-refractivity contribution in [3.8, 4) is 11.1 Å². The Bertz CT molecular complexity index is 1330. The highest BCUT2D eigenvalue weighted by Crippen LogP contribution is 2.39. The van der Waals surface area contributed by atoms with Crippen molar-refractivity contribution >= 4 is 11.7 Å². The summed E-state index contributed by atoms with van der Waals surface area (Å²) >= 11 is 0. The molecule has 0 unspecified atom stereocenters. The van der Waals surface area contributed by atoms with Crippen molar-refractivity contribution in [3.63, 3.8) is 0 Å². The summed E-state index contributed by atoms with van der Waals surface area (Å²) in [6.45, 7) is 9.74. The molecule has 1 amide bonds. The zero-order valence-electron chi connectivity index (χ0n) is 22.5. The minimum absolute atomic E-state index is 0.0314. The largest absolute Gasteiger partial charge is 0.347 e. The number of carbonyl (C=O) groups excluding carboxylic acids is 2. The number of aryl methyl sites for hydroxylation is 2. The molecule has 4 rings (SSSR count). The summed E-state index contributed by atoms with van der Waals surface area (Å²) in [7, 11) is 0. The zero-order chi connectivity index (χ0) is 26.7. The molecule has 1 fully saturated rings. The van der Waals surface area contributed by atoms with Crippen LogP contribution in [0.15, 0.2) is 59.8 Å². The van der Waals surface area contributed by atoms with Gasteiger partial charge in [0.15, 0.2) is 0 Å². The Kier molecular flexibility index (Phi) is 8.06. The van der Waals surface area contributed by atoms with Crippen LogP contribution in [0.3, 0.4) is 0 Å². The Balaban J connectivity index is 1.68. The second-order valence-corrected chi connectivity index (χ2v) is 10.9. The first kappa shape index (κ1) is 26.5. The summed E-state index contributed by atoms with van der Waals surface area (Å²) in [5, 5.41) is 3.11. The normalized spacial score (nSPS) is 14.9. The number of ketones is 1. The van der Waals surface area contributed by atoms with Gasteiger partial charge in [0, 0.05) is 36.6 Å². The lowest BCUT2D eigenvalue weighted by atomic mass is 9.94. The maximum atomic E-state index is 13.8. The molecule has 1 aromatic carbocycles. The van der Waals surface area contributed by atoms with Gasteiger partial charge in [-0.2, -0.15) is 0 Å². The summed E-state index contributed by atoms with van der Waals surface area (Å²) in [5.74, 6) is 0.384. The molecule has 3 aromatic rings. The molecule has 37 heavy (non-hydrogen) atoms. The van der Waals surface area contributed by atoms with Crippen molar-refractivity contribution in [1.82, 2.24) is 14.9 Å². The van der Waals surface area contributed by atoms with Gasteiger partial charge in [-0.3, -0.25) is 19.4 Å². The van der Waals surface area contributed by atoms with E-state index in [4.69, 9.17) is 0 Å². The van der Waals surface area contributed by atoms with Gasteiger partial charge in [0.05, 0.1) is 6.04 Å². The van der Waals surface area contributed by atoms with Gasteiger partial charge in [0.1, 0.15) is 11.8 Å². The standard InChI is InChI=1S/C31H37N3O3/c1-19(2)13-28(34-18-24(23-9-10-23)11-12-29(34)36)31(37)33-27(14-22(5)35)25-15-26(17-32-16-25)30-20(3)7-6-8-21(30)4/h6-8,11-12,15-19,23,27-28H,9-10,13-14H2,1-5H3,(H,33,37)/t27-,28+/m1/s1. The van der Waals surface area contributed by atoms with Gasteiger partial charge in [-0.05, 0) is 85.8 Å². The average Bonchev–Trinajstić information content (AvgIpc) is 3.68. The summed E-state index contributed by atoms with van der Waals surface area (Å²) in [4.78, 5) is 43.3. The van der Waals surface area contributed by atoms with Crippen LogP contribution in [0, 0.1) is 19.8 Å². The van der Waals surface area contributed by atoms with Gasteiger partial charge < -0.3 is 9.88 Å². The Hall–Kier alpha value is -3.54. The second-order valence-electron chi connectivity index (χ2n) is 10.9. The van der Waals surface area contributed by atoms with E-state index < -0.39 is 12.1 Å². The van der Waals surface area contributed by atoms with Gasteiger partial charge in [0.25, 0.3) is 5.56 Å². The molecule has 2 atom stereocenters. The van der Waals surface area contributed by atoms with E-state index in [1.54, 1.807) is 16.8 Å². The first-order valence-electron chi connectivity index (χ1n) is 13.2. The van der Waals surface area contributed by atoms with Gasteiger partial charge in [-0.25, -0.2) is 0 Å². The number of Topliss-reactive ketones (excluding diaryl/α,β-unsaturated/α-hetero) is 1. The number of nitrogens with zero attached hydrogens (tertiary/aromatic N) is 2. The summed E-state index contributed by atoms with van der Waals surface area (Å²) in [6, 6.07) is 10.4. The van der Waals surface area contributed by atoms with Crippen molar-refractivity contribution in [1.29, 1.82) is 0 Å². The van der Waals surface area contributed by atoms with Crippen LogP contribution in [0.4, 0.5) is 0 Å². The molecular formula is C31H37N3O3. The molecule has 0 bridgehead atoms. The predicted octanol–water partition coefficient (Wildman–Crippen LogP) is 5.83. The van der Waals surface area contributed by atoms with Crippen LogP contribution in [0.25, 0.3) is 11.1 Å². The van der Waals surface area contributed by atoms with Crippen LogP contribution in [0.2, 0.25) is 0 Å².